The van der Waals surface area contributed by atoms with Gasteiger partial charge in [0, 0.05) is 34.8 Å². The van der Waals surface area contributed by atoms with E-state index in [0.29, 0.717) is 5.01 Å². The standard InChI is InChI=1S/C21H16N4O5/c1-12-3-4-13(2)23(12)15-7-5-14(6-8-15)19(26)22-24-20(27)17-10-9-16(25(29)30)11-18(17)21(24)28/h3-11H,1-2H3,(H,22,26). The summed E-state index contributed by atoms with van der Waals surface area (Å²) in [5, 5.41) is 11.5. The molecule has 0 atom stereocenters. The molecule has 0 bridgehead atoms. The van der Waals surface area contributed by atoms with Gasteiger partial charge in [0.05, 0.1) is 16.1 Å². The minimum Gasteiger partial charge on any atom is -0.319 e. The summed E-state index contributed by atoms with van der Waals surface area (Å²) in [5.41, 5.74) is 5.07. The molecule has 3 aromatic rings. The first-order valence-electron chi connectivity index (χ1n) is 9.01. The van der Waals surface area contributed by atoms with Crippen molar-refractivity contribution in [2.24, 2.45) is 0 Å². The number of carbonyl (C=O) groups is 3. The Labute approximate surface area is 170 Å². The van der Waals surface area contributed by atoms with Crippen LogP contribution in [0.1, 0.15) is 42.5 Å². The molecule has 0 saturated carbocycles. The smallest absolute Gasteiger partial charge is 0.280 e. The SMILES string of the molecule is Cc1ccc(C)n1-c1ccc(C(=O)NN2C(=O)c3ccc([N+](=O)[O-])cc3C2=O)cc1. The third-order valence-corrected chi connectivity index (χ3v) is 4.95. The average molecular weight is 404 g/mol. The number of fused-ring (bicyclic) bond motifs is 1. The van der Waals surface area contributed by atoms with Crippen molar-refractivity contribution in [1.82, 2.24) is 15.0 Å². The number of aromatic nitrogens is 1. The Bertz CT molecular complexity index is 1210. The Morgan fingerprint density at radius 3 is 2.10 bits per heavy atom. The molecule has 0 saturated heterocycles. The number of aryl methyl sites for hydroxylation is 2. The second-order valence-corrected chi connectivity index (χ2v) is 6.87. The maximum Gasteiger partial charge on any atom is 0.280 e. The predicted molar refractivity (Wildman–Crippen MR) is 106 cm³/mol. The number of hydrazine groups is 1. The Morgan fingerprint density at radius 2 is 1.50 bits per heavy atom. The molecule has 0 aliphatic carbocycles. The molecule has 0 spiro atoms. The number of non-ortho nitro benzene ring substituents is 1. The molecule has 1 aliphatic heterocycles. The zero-order valence-electron chi connectivity index (χ0n) is 16.1. The van der Waals surface area contributed by atoms with Crippen LogP contribution in [0.5, 0.6) is 0 Å². The number of hydrogen-bond acceptors (Lipinski definition) is 5. The van der Waals surface area contributed by atoms with Gasteiger partial charge >= 0.3 is 0 Å². The Kier molecular flexibility index (Phi) is 4.42. The Morgan fingerprint density at radius 1 is 0.900 bits per heavy atom. The molecule has 0 radical (unpaired) electrons. The second-order valence-electron chi connectivity index (χ2n) is 6.87. The van der Waals surface area contributed by atoms with Crippen molar-refractivity contribution in [3.63, 3.8) is 0 Å². The number of nitro benzene ring substituents is 1. The lowest BCUT2D eigenvalue weighted by molar-refractivity contribution is -0.384. The average Bonchev–Trinajstić information content (AvgIpc) is 3.19. The van der Waals surface area contributed by atoms with Crippen molar-refractivity contribution in [3.05, 3.63) is 92.8 Å². The molecule has 1 N–H and O–H groups in total. The normalized spacial score (nSPS) is 12.8. The van der Waals surface area contributed by atoms with Crippen molar-refractivity contribution >= 4 is 23.4 Å². The Balaban J connectivity index is 1.55. The minimum absolute atomic E-state index is 0.000180. The third kappa shape index (κ3) is 3.02. The number of nitrogens with one attached hydrogen (secondary N) is 1. The maximum atomic E-state index is 12.6. The number of carbonyl (C=O) groups excluding carboxylic acids is 3. The van der Waals surface area contributed by atoms with Crippen LogP contribution in [0, 0.1) is 24.0 Å². The van der Waals surface area contributed by atoms with E-state index in [-0.39, 0.29) is 22.4 Å². The van der Waals surface area contributed by atoms with Crippen molar-refractivity contribution in [2.75, 3.05) is 0 Å². The first kappa shape index (κ1) is 19.1. The lowest BCUT2D eigenvalue weighted by Crippen LogP contribution is -2.45. The molecular weight excluding hydrogens is 388 g/mol. The molecule has 4 rings (SSSR count). The number of nitrogens with zero attached hydrogens (tertiary/aromatic N) is 3. The lowest BCUT2D eigenvalue weighted by Gasteiger charge is -2.15. The van der Waals surface area contributed by atoms with Crippen LogP contribution in [0.25, 0.3) is 5.69 Å². The van der Waals surface area contributed by atoms with Gasteiger partial charge in [-0.15, -0.1) is 0 Å². The maximum absolute atomic E-state index is 12.6. The summed E-state index contributed by atoms with van der Waals surface area (Å²) < 4.78 is 2.03. The van der Waals surface area contributed by atoms with Crippen molar-refractivity contribution in [3.8, 4) is 5.69 Å². The number of amides is 3. The summed E-state index contributed by atoms with van der Waals surface area (Å²) in [6.45, 7) is 3.94. The van der Waals surface area contributed by atoms with Gasteiger partial charge in [-0.05, 0) is 56.3 Å². The molecule has 2 aromatic carbocycles. The molecular formula is C21H16N4O5. The summed E-state index contributed by atoms with van der Waals surface area (Å²) in [4.78, 5) is 47.8. The first-order valence-corrected chi connectivity index (χ1v) is 9.01. The van der Waals surface area contributed by atoms with Crippen LogP contribution < -0.4 is 5.43 Å². The van der Waals surface area contributed by atoms with Gasteiger partial charge in [0.25, 0.3) is 23.4 Å². The van der Waals surface area contributed by atoms with E-state index < -0.39 is 22.6 Å². The van der Waals surface area contributed by atoms with Gasteiger partial charge in [0.2, 0.25) is 0 Å². The van der Waals surface area contributed by atoms with Crippen molar-refractivity contribution in [2.45, 2.75) is 13.8 Å². The highest BCUT2D eigenvalue weighted by molar-refractivity contribution is 6.22. The van der Waals surface area contributed by atoms with E-state index in [4.69, 9.17) is 0 Å². The van der Waals surface area contributed by atoms with Crippen LogP contribution in [-0.4, -0.2) is 32.2 Å². The van der Waals surface area contributed by atoms with E-state index in [0.717, 1.165) is 29.2 Å². The molecule has 0 unspecified atom stereocenters. The molecule has 3 amide bonds. The second kappa shape index (κ2) is 6.96. The van der Waals surface area contributed by atoms with Crippen LogP contribution in [0.3, 0.4) is 0 Å². The fraction of sp³-hybridized carbons (Fsp3) is 0.0952. The highest BCUT2D eigenvalue weighted by Gasteiger charge is 2.38. The van der Waals surface area contributed by atoms with E-state index in [2.05, 4.69) is 5.43 Å². The van der Waals surface area contributed by atoms with Gasteiger partial charge in [0.15, 0.2) is 0 Å². The number of rotatable bonds is 4. The van der Waals surface area contributed by atoms with Crippen LogP contribution in [0.15, 0.2) is 54.6 Å². The van der Waals surface area contributed by atoms with E-state index in [9.17, 15) is 24.5 Å². The molecule has 150 valence electrons. The van der Waals surface area contributed by atoms with Crippen LogP contribution >= 0.6 is 0 Å². The topological polar surface area (TPSA) is 115 Å². The summed E-state index contributed by atoms with van der Waals surface area (Å²) >= 11 is 0. The van der Waals surface area contributed by atoms with Crippen molar-refractivity contribution < 1.29 is 19.3 Å². The predicted octanol–water partition coefficient (Wildman–Crippen LogP) is 2.94. The largest absolute Gasteiger partial charge is 0.319 e. The van der Waals surface area contributed by atoms with Crippen LogP contribution in [0.4, 0.5) is 5.69 Å². The summed E-state index contributed by atoms with van der Waals surface area (Å²) in [5.74, 6) is -2.21. The molecule has 9 nitrogen and oxygen atoms in total. The highest BCUT2D eigenvalue weighted by Crippen LogP contribution is 2.26. The first-order chi connectivity index (χ1) is 14.3. The van der Waals surface area contributed by atoms with E-state index >= 15 is 0 Å². The monoisotopic (exact) mass is 404 g/mol. The molecule has 2 heterocycles. The van der Waals surface area contributed by atoms with Gasteiger partial charge in [-0.1, -0.05) is 0 Å². The Hall–Kier alpha value is -4.27. The number of benzene rings is 2. The molecule has 1 aromatic heterocycles. The summed E-state index contributed by atoms with van der Waals surface area (Å²) in [6, 6.07) is 14.1. The molecule has 30 heavy (non-hydrogen) atoms. The fourth-order valence-corrected chi connectivity index (χ4v) is 3.45. The van der Waals surface area contributed by atoms with Gasteiger partial charge < -0.3 is 4.57 Å². The molecule has 0 fully saturated rings. The van der Waals surface area contributed by atoms with Crippen molar-refractivity contribution in [1.29, 1.82) is 0 Å². The van der Waals surface area contributed by atoms with Gasteiger partial charge in [-0.25, -0.2) is 0 Å². The number of nitro groups is 1. The van der Waals surface area contributed by atoms with Gasteiger partial charge in [-0.3, -0.25) is 29.9 Å². The highest BCUT2D eigenvalue weighted by atomic mass is 16.6. The number of hydrogen-bond donors (Lipinski definition) is 1. The van der Waals surface area contributed by atoms with E-state index in [1.54, 1.807) is 24.3 Å². The van der Waals surface area contributed by atoms with E-state index in [1.165, 1.54) is 6.07 Å². The lowest BCUT2D eigenvalue weighted by atomic mass is 10.1. The van der Waals surface area contributed by atoms with Gasteiger partial charge in [0.1, 0.15) is 0 Å². The fourth-order valence-electron chi connectivity index (χ4n) is 3.45. The molecule has 1 aliphatic rings. The van der Waals surface area contributed by atoms with E-state index in [1.807, 2.05) is 30.5 Å². The quantitative estimate of drug-likeness (QED) is 0.408. The summed E-state index contributed by atoms with van der Waals surface area (Å²) in [6.07, 6.45) is 0. The third-order valence-electron chi connectivity index (χ3n) is 4.95. The zero-order chi connectivity index (χ0) is 21.6. The molecule has 9 heteroatoms. The van der Waals surface area contributed by atoms with Crippen LogP contribution in [0.2, 0.25) is 0 Å². The van der Waals surface area contributed by atoms with Crippen LogP contribution in [-0.2, 0) is 0 Å². The minimum atomic E-state index is -0.817. The van der Waals surface area contributed by atoms with Gasteiger partial charge in [-0.2, -0.15) is 5.01 Å². The summed E-state index contributed by atoms with van der Waals surface area (Å²) in [7, 11) is 0. The zero-order valence-corrected chi connectivity index (χ0v) is 16.1. The number of imide groups is 1.